The Labute approximate surface area is 160 Å². The standard InChI is InChI=1S/C18H18N2O6S/c1-11-7-14(20(22)23)16(24-2)9-13(11)19-18(21)10-27-12-3-4-15-17(8-12)26-6-5-25-15/h3-4,7-9H,5-6,10H2,1-2H3,(H,19,21). The number of anilines is 1. The van der Waals surface area contributed by atoms with Crippen LogP contribution in [-0.4, -0.2) is 36.9 Å². The van der Waals surface area contributed by atoms with Crippen molar-refractivity contribution in [3.63, 3.8) is 0 Å². The fraction of sp³-hybridized carbons (Fsp3) is 0.278. The minimum absolute atomic E-state index is 0.0976. The van der Waals surface area contributed by atoms with E-state index < -0.39 is 4.92 Å². The van der Waals surface area contributed by atoms with Crippen LogP contribution in [-0.2, 0) is 4.79 Å². The van der Waals surface area contributed by atoms with Crippen molar-refractivity contribution >= 4 is 29.0 Å². The number of hydrogen-bond donors (Lipinski definition) is 1. The van der Waals surface area contributed by atoms with Crippen molar-refractivity contribution in [2.45, 2.75) is 11.8 Å². The van der Waals surface area contributed by atoms with Crippen molar-refractivity contribution in [2.75, 3.05) is 31.4 Å². The lowest BCUT2D eigenvalue weighted by Crippen LogP contribution is -2.16. The number of aryl methyl sites for hydroxylation is 1. The number of nitro groups is 1. The number of thioether (sulfide) groups is 1. The third-order valence-electron chi connectivity index (χ3n) is 3.88. The lowest BCUT2D eigenvalue weighted by molar-refractivity contribution is -0.385. The summed E-state index contributed by atoms with van der Waals surface area (Å²) in [4.78, 5) is 23.7. The molecule has 0 spiro atoms. The molecule has 0 unspecified atom stereocenters. The number of nitrogens with zero attached hydrogens (tertiary/aromatic N) is 1. The highest BCUT2D eigenvalue weighted by Crippen LogP contribution is 2.35. The van der Waals surface area contributed by atoms with E-state index in [2.05, 4.69) is 5.32 Å². The third-order valence-corrected chi connectivity index (χ3v) is 4.87. The van der Waals surface area contributed by atoms with Gasteiger partial charge >= 0.3 is 5.69 Å². The number of nitro benzene ring substituents is 1. The second kappa shape index (κ2) is 8.17. The summed E-state index contributed by atoms with van der Waals surface area (Å²) >= 11 is 1.36. The molecule has 0 aliphatic carbocycles. The molecule has 0 fully saturated rings. The molecule has 8 nitrogen and oxygen atoms in total. The van der Waals surface area contributed by atoms with Gasteiger partial charge in [-0.1, -0.05) is 0 Å². The van der Waals surface area contributed by atoms with Crippen molar-refractivity contribution in [3.05, 3.63) is 46.0 Å². The number of ether oxygens (including phenoxy) is 3. The molecule has 0 saturated heterocycles. The molecule has 1 aliphatic heterocycles. The van der Waals surface area contributed by atoms with Crippen molar-refractivity contribution < 1.29 is 23.9 Å². The van der Waals surface area contributed by atoms with E-state index in [0.29, 0.717) is 36.0 Å². The minimum atomic E-state index is -0.519. The van der Waals surface area contributed by atoms with Gasteiger partial charge in [0.05, 0.1) is 17.8 Å². The number of hydrogen-bond acceptors (Lipinski definition) is 7. The molecule has 9 heteroatoms. The third kappa shape index (κ3) is 4.43. The average molecular weight is 390 g/mol. The molecule has 0 bridgehead atoms. The Hall–Kier alpha value is -2.94. The maximum Gasteiger partial charge on any atom is 0.311 e. The van der Waals surface area contributed by atoms with E-state index >= 15 is 0 Å². The van der Waals surface area contributed by atoms with E-state index in [1.165, 1.54) is 31.0 Å². The summed E-state index contributed by atoms with van der Waals surface area (Å²) in [5.74, 6) is 1.42. The molecule has 2 aromatic carbocycles. The molecule has 142 valence electrons. The van der Waals surface area contributed by atoms with E-state index in [1.807, 2.05) is 18.2 Å². The molecular weight excluding hydrogens is 372 g/mol. The molecule has 0 radical (unpaired) electrons. The number of benzene rings is 2. The van der Waals surface area contributed by atoms with Crippen LogP contribution in [0, 0.1) is 17.0 Å². The number of nitrogens with one attached hydrogen (secondary N) is 1. The first-order chi connectivity index (χ1) is 13.0. The van der Waals surface area contributed by atoms with Crippen LogP contribution in [0.4, 0.5) is 11.4 Å². The van der Waals surface area contributed by atoms with Gasteiger partial charge in [-0.3, -0.25) is 14.9 Å². The van der Waals surface area contributed by atoms with E-state index in [0.717, 1.165) is 4.90 Å². The van der Waals surface area contributed by atoms with Crippen LogP contribution in [0.25, 0.3) is 0 Å². The molecule has 27 heavy (non-hydrogen) atoms. The van der Waals surface area contributed by atoms with Gasteiger partial charge in [-0.05, 0) is 30.7 Å². The average Bonchev–Trinajstić information content (AvgIpc) is 2.67. The van der Waals surface area contributed by atoms with Crippen LogP contribution >= 0.6 is 11.8 Å². The van der Waals surface area contributed by atoms with Crippen LogP contribution in [0.3, 0.4) is 0 Å². The Morgan fingerprint density at radius 2 is 2.00 bits per heavy atom. The van der Waals surface area contributed by atoms with Gasteiger partial charge < -0.3 is 19.5 Å². The quantitative estimate of drug-likeness (QED) is 0.458. The number of methoxy groups -OCH3 is 1. The summed E-state index contributed by atoms with van der Waals surface area (Å²) in [5.41, 5.74) is 0.920. The molecule has 0 aromatic heterocycles. The zero-order valence-electron chi connectivity index (χ0n) is 14.8. The van der Waals surface area contributed by atoms with Gasteiger partial charge in [0.15, 0.2) is 17.2 Å². The number of amides is 1. The van der Waals surface area contributed by atoms with Crippen molar-refractivity contribution in [1.82, 2.24) is 0 Å². The van der Waals surface area contributed by atoms with E-state index in [9.17, 15) is 14.9 Å². The first-order valence-corrected chi connectivity index (χ1v) is 9.12. The molecular formula is C18H18N2O6S. The highest BCUT2D eigenvalue weighted by molar-refractivity contribution is 8.00. The first kappa shape index (κ1) is 18.8. The summed E-state index contributed by atoms with van der Waals surface area (Å²) < 4.78 is 16.0. The predicted octanol–water partition coefficient (Wildman–Crippen LogP) is 3.41. The van der Waals surface area contributed by atoms with E-state index in [1.54, 1.807) is 6.92 Å². The minimum Gasteiger partial charge on any atom is -0.490 e. The fourth-order valence-corrected chi connectivity index (χ4v) is 3.29. The van der Waals surface area contributed by atoms with Gasteiger partial charge in [0.25, 0.3) is 0 Å². The van der Waals surface area contributed by atoms with Gasteiger partial charge in [0.1, 0.15) is 13.2 Å². The Balaban J connectivity index is 1.65. The second-order valence-corrected chi connectivity index (χ2v) is 6.79. The molecule has 3 rings (SSSR count). The lowest BCUT2D eigenvalue weighted by Gasteiger charge is -2.18. The highest BCUT2D eigenvalue weighted by Gasteiger charge is 2.18. The van der Waals surface area contributed by atoms with Crippen LogP contribution < -0.4 is 19.5 Å². The summed E-state index contributed by atoms with van der Waals surface area (Å²) in [6.07, 6.45) is 0. The zero-order chi connectivity index (χ0) is 19.4. The number of rotatable bonds is 6. The molecule has 0 atom stereocenters. The Kier molecular flexibility index (Phi) is 5.70. The first-order valence-electron chi connectivity index (χ1n) is 8.13. The Morgan fingerprint density at radius 3 is 2.70 bits per heavy atom. The largest absolute Gasteiger partial charge is 0.490 e. The zero-order valence-corrected chi connectivity index (χ0v) is 15.6. The van der Waals surface area contributed by atoms with E-state index in [4.69, 9.17) is 14.2 Å². The summed E-state index contributed by atoms with van der Waals surface area (Å²) in [5, 5.41) is 13.8. The maximum atomic E-state index is 12.3. The number of carbonyl (C=O) groups excluding carboxylic acids is 1. The van der Waals surface area contributed by atoms with Crippen LogP contribution in [0.1, 0.15) is 5.56 Å². The molecule has 2 aromatic rings. The monoisotopic (exact) mass is 390 g/mol. The molecule has 1 aliphatic rings. The SMILES string of the molecule is COc1cc(NC(=O)CSc2ccc3c(c2)OCCO3)c(C)cc1[N+](=O)[O-]. The summed E-state index contributed by atoms with van der Waals surface area (Å²) in [7, 11) is 1.35. The second-order valence-electron chi connectivity index (χ2n) is 5.74. The Morgan fingerprint density at radius 1 is 1.26 bits per heavy atom. The van der Waals surface area contributed by atoms with E-state index in [-0.39, 0.29) is 23.1 Å². The fourth-order valence-electron chi connectivity index (χ4n) is 2.56. The smallest absolute Gasteiger partial charge is 0.311 e. The van der Waals surface area contributed by atoms with Gasteiger partial charge in [0, 0.05) is 22.7 Å². The Bertz CT molecular complexity index is 886. The van der Waals surface area contributed by atoms with Gasteiger partial charge in [-0.25, -0.2) is 0 Å². The van der Waals surface area contributed by atoms with Crippen LogP contribution in [0.5, 0.6) is 17.2 Å². The van der Waals surface area contributed by atoms with Crippen molar-refractivity contribution in [2.24, 2.45) is 0 Å². The summed E-state index contributed by atoms with van der Waals surface area (Å²) in [6.45, 7) is 2.72. The topological polar surface area (TPSA) is 99.9 Å². The van der Waals surface area contributed by atoms with Crippen LogP contribution in [0.15, 0.2) is 35.2 Å². The molecule has 1 N–H and O–H groups in total. The van der Waals surface area contributed by atoms with Gasteiger partial charge in [-0.15, -0.1) is 11.8 Å². The molecule has 1 heterocycles. The predicted molar refractivity (Wildman–Crippen MR) is 101 cm³/mol. The van der Waals surface area contributed by atoms with Crippen LogP contribution in [0.2, 0.25) is 0 Å². The van der Waals surface area contributed by atoms with Crippen molar-refractivity contribution in [1.29, 1.82) is 0 Å². The number of carbonyl (C=O) groups is 1. The van der Waals surface area contributed by atoms with Gasteiger partial charge in [-0.2, -0.15) is 0 Å². The highest BCUT2D eigenvalue weighted by atomic mass is 32.2. The maximum absolute atomic E-state index is 12.3. The lowest BCUT2D eigenvalue weighted by atomic mass is 10.1. The van der Waals surface area contributed by atoms with Crippen molar-refractivity contribution in [3.8, 4) is 17.2 Å². The number of fused-ring (bicyclic) bond motifs is 1. The molecule has 0 saturated carbocycles. The molecule has 1 amide bonds. The normalized spacial score (nSPS) is 12.4. The van der Waals surface area contributed by atoms with Gasteiger partial charge in [0.2, 0.25) is 5.91 Å². The summed E-state index contributed by atoms with van der Waals surface area (Å²) in [6, 6.07) is 8.36.